The number of aliphatic hydroxyl groups is 1. The number of sulfonamides is 1. The molecule has 3 atom stereocenters. The van der Waals surface area contributed by atoms with Crippen molar-refractivity contribution in [3.8, 4) is 0 Å². The Bertz CT molecular complexity index is 300. The van der Waals surface area contributed by atoms with Crippen LogP contribution in [0.25, 0.3) is 0 Å². The highest BCUT2D eigenvalue weighted by Gasteiger charge is 2.58. The van der Waals surface area contributed by atoms with Gasteiger partial charge in [-0.3, -0.25) is 0 Å². The molecular formula is C7H13NO3S. The van der Waals surface area contributed by atoms with Crippen molar-refractivity contribution in [2.75, 3.05) is 0 Å². The minimum absolute atomic E-state index is 0.373. The maximum Gasteiger partial charge on any atom is 0.217 e. The first-order valence-electron chi connectivity index (χ1n) is 4.16. The summed E-state index contributed by atoms with van der Waals surface area (Å²) in [6.07, 6.45) is 1.88. The van der Waals surface area contributed by atoms with Crippen LogP contribution < -0.4 is 5.14 Å². The van der Waals surface area contributed by atoms with Crippen LogP contribution in [0.5, 0.6) is 0 Å². The molecule has 12 heavy (non-hydrogen) atoms. The number of primary sulfonamides is 1. The maximum atomic E-state index is 11.2. The zero-order valence-corrected chi connectivity index (χ0v) is 7.55. The van der Waals surface area contributed by atoms with Crippen LogP contribution in [0.2, 0.25) is 0 Å². The fourth-order valence-corrected chi connectivity index (χ4v) is 3.97. The summed E-state index contributed by atoms with van der Waals surface area (Å²) in [5, 5.41) is 14.7. The van der Waals surface area contributed by atoms with Crippen molar-refractivity contribution in [3.63, 3.8) is 0 Å². The van der Waals surface area contributed by atoms with Crippen molar-refractivity contribution in [1.82, 2.24) is 0 Å². The van der Waals surface area contributed by atoms with Crippen LogP contribution in [-0.2, 0) is 10.0 Å². The van der Waals surface area contributed by atoms with Crippen LogP contribution in [0.4, 0.5) is 0 Å². The second-order valence-corrected chi connectivity index (χ2v) is 5.87. The van der Waals surface area contributed by atoms with Gasteiger partial charge < -0.3 is 5.11 Å². The van der Waals surface area contributed by atoms with Crippen molar-refractivity contribution in [2.45, 2.75) is 36.5 Å². The lowest BCUT2D eigenvalue weighted by Gasteiger charge is -2.28. The number of hydrogen-bond donors (Lipinski definition) is 2. The predicted molar refractivity (Wildman–Crippen MR) is 43.8 cm³/mol. The highest BCUT2D eigenvalue weighted by Crippen LogP contribution is 2.51. The van der Waals surface area contributed by atoms with Gasteiger partial charge in [0.2, 0.25) is 10.0 Å². The smallest absolute Gasteiger partial charge is 0.217 e. The molecule has 0 radical (unpaired) electrons. The minimum Gasteiger partial charge on any atom is -0.391 e. The lowest BCUT2D eigenvalue weighted by Crippen LogP contribution is -2.48. The van der Waals surface area contributed by atoms with Gasteiger partial charge in [-0.1, -0.05) is 0 Å². The Labute approximate surface area is 71.8 Å². The highest BCUT2D eigenvalue weighted by atomic mass is 32.2. The van der Waals surface area contributed by atoms with E-state index in [1.165, 1.54) is 0 Å². The average molecular weight is 191 g/mol. The Morgan fingerprint density at radius 2 is 2.17 bits per heavy atom. The van der Waals surface area contributed by atoms with Gasteiger partial charge in [-0.15, -0.1) is 0 Å². The highest BCUT2D eigenvalue weighted by molar-refractivity contribution is 7.90. The van der Waals surface area contributed by atoms with E-state index >= 15 is 0 Å². The first kappa shape index (κ1) is 8.47. The molecule has 0 aliphatic heterocycles. The number of aliphatic hydroxyl groups excluding tert-OH is 1. The third-order valence-electron chi connectivity index (χ3n) is 3.34. The molecule has 0 aromatic rings. The van der Waals surface area contributed by atoms with E-state index in [9.17, 15) is 13.5 Å². The summed E-state index contributed by atoms with van der Waals surface area (Å²) < 4.78 is 21.5. The number of hydrogen-bond acceptors (Lipinski definition) is 3. The van der Waals surface area contributed by atoms with E-state index in [2.05, 4.69) is 0 Å². The van der Waals surface area contributed by atoms with Crippen LogP contribution in [0.1, 0.15) is 25.7 Å². The standard InChI is InChI=1S/C7H13NO3S/c8-12(10,11)7-2-1-5(4-7)3-6(7)9/h5-6,9H,1-4H2,(H2,8,10,11). The fraction of sp³-hybridized carbons (Fsp3) is 1.00. The molecule has 70 valence electrons. The zero-order chi connectivity index (χ0) is 8.98. The van der Waals surface area contributed by atoms with Crippen molar-refractivity contribution < 1.29 is 13.5 Å². The number of fused-ring (bicyclic) bond motifs is 2. The van der Waals surface area contributed by atoms with Crippen LogP contribution in [0.3, 0.4) is 0 Å². The van der Waals surface area contributed by atoms with Crippen LogP contribution in [-0.4, -0.2) is 24.4 Å². The number of rotatable bonds is 1. The predicted octanol–water partition coefficient (Wildman–Crippen LogP) is -0.422. The number of nitrogens with two attached hydrogens (primary N) is 1. The van der Waals surface area contributed by atoms with Gasteiger partial charge >= 0.3 is 0 Å². The van der Waals surface area contributed by atoms with Gasteiger partial charge in [0.25, 0.3) is 0 Å². The Morgan fingerprint density at radius 1 is 1.50 bits per heavy atom. The SMILES string of the molecule is NS(=O)(=O)C12CCC(CC1O)C2. The van der Waals surface area contributed by atoms with Gasteiger partial charge in [0.05, 0.1) is 6.10 Å². The molecule has 0 heterocycles. The van der Waals surface area contributed by atoms with Gasteiger partial charge in [-0.2, -0.15) is 0 Å². The largest absolute Gasteiger partial charge is 0.391 e. The Kier molecular flexibility index (Phi) is 1.56. The molecule has 2 aliphatic rings. The molecule has 2 fully saturated rings. The van der Waals surface area contributed by atoms with E-state index in [0.29, 0.717) is 25.2 Å². The molecule has 2 saturated carbocycles. The van der Waals surface area contributed by atoms with E-state index in [4.69, 9.17) is 5.14 Å². The summed E-state index contributed by atoms with van der Waals surface area (Å²) in [7, 11) is -3.57. The van der Waals surface area contributed by atoms with E-state index in [-0.39, 0.29) is 0 Å². The van der Waals surface area contributed by atoms with Crippen LogP contribution >= 0.6 is 0 Å². The molecule has 0 aromatic carbocycles. The molecule has 2 bridgehead atoms. The molecule has 0 aromatic heterocycles. The van der Waals surface area contributed by atoms with Crippen molar-refractivity contribution >= 4 is 10.0 Å². The summed E-state index contributed by atoms with van der Waals surface area (Å²) >= 11 is 0. The Hall–Kier alpha value is -0.130. The third kappa shape index (κ3) is 0.870. The molecule has 5 heteroatoms. The van der Waals surface area contributed by atoms with Crippen molar-refractivity contribution in [3.05, 3.63) is 0 Å². The third-order valence-corrected chi connectivity index (χ3v) is 5.12. The first-order chi connectivity index (χ1) is 5.46. The van der Waals surface area contributed by atoms with Gasteiger partial charge in [-0.25, -0.2) is 13.6 Å². The molecule has 3 unspecified atom stereocenters. The molecule has 3 N–H and O–H groups in total. The summed E-state index contributed by atoms with van der Waals surface area (Å²) in [6.45, 7) is 0. The Balaban J connectivity index is 2.43. The first-order valence-corrected chi connectivity index (χ1v) is 5.71. The quantitative estimate of drug-likeness (QED) is 0.590. The second kappa shape index (κ2) is 2.21. The average Bonchev–Trinajstić information content (AvgIpc) is 2.41. The summed E-state index contributed by atoms with van der Waals surface area (Å²) in [5.74, 6) is 0.373. The van der Waals surface area contributed by atoms with E-state index in [0.717, 1.165) is 6.42 Å². The van der Waals surface area contributed by atoms with Gasteiger partial charge in [0.1, 0.15) is 4.75 Å². The molecule has 2 rings (SSSR count). The zero-order valence-electron chi connectivity index (χ0n) is 6.73. The van der Waals surface area contributed by atoms with Gasteiger partial charge in [0, 0.05) is 0 Å². The molecular weight excluding hydrogens is 178 g/mol. The lowest BCUT2D eigenvalue weighted by molar-refractivity contribution is 0.125. The van der Waals surface area contributed by atoms with Gasteiger partial charge in [0.15, 0.2) is 0 Å². The van der Waals surface area contributed by atoms with E-state index in [1.807, 2.05) is 0 Å². The van der Waals surface area contributed by atoms with Crippen molar-refractivity contribution in [2.24, 2.45) is 11.1 Å². The maximum absolute atomic E-state index is 11.2. The molecule has 0 spiro atoms. The molecule has 0 amide bonds. The van der Waals surface area contributed by atoms with E-state index in [1.54, 1.807) is 0 Å². The molecule has 4 nitrogen and oxygen atoms in total. The Morgan fingerprint density at radius 3 is 2.42 bits per heavy atom. The summed E-state index contributed by atoms with van der Waals surface area (Å²) in [5.41, 5.74) is 0. The summed E-state index contributed by atoms with van der Waals surface area (Å²) in [6, 6.07) is 0. The normalized spacial score (nSPS) is 46.8. The molecule has 2 aliphatic carbocycles. The second-order valence-electron chi connectivity index (χ2n) is 3.97. The fourth-order valence-electron chi connectivity index (χ4n) is 2.62. The van der Waals surface area contributed by atoms with Crippen molar-refractivity contribution in [1.29, 1.82) is 0 Å². The summed E-state index contributed by atoms with van der Waals surface area (Å²) in [4.78, 5) is 0. The lowest BCUT2D eigenvalue weighted by atomic mass is 9.97. The van der Waals surface area contributed by atoms with Crippen LogP contribution in [0.15, 0.2) is 0 Å². The van der Waals surface area contributed by atoms with E-state index < -0.39 is 20.9 Å². The monoisotopic (exact) mass is 191 g/mol. The minimum atomic E-state index is -3.57. The van der Waals surface area contributed by atoms with Gasteiger partial charge in [-0.05, 0) is 31.6 Å². The molecule has 0 saturated heterocycles. The topological polar surface area (TPSA) is 80.4 Å². The van der Waals surface area contributed by atoms with Crippen LogP contribution in [0, 0.1) is 5.92 Å².